The maximum Gasteiger partial charge on any atom is 0.291 e. The summed E-state index contributed by atoms with van der Waals surface area (Å²) in [5, 5.41) is 6.22. The van der Waals surface area contributed by atoms with Crippen molar-refractivity contribution in [2.45, 2.75) is 0 Å². The third-order valence-electron chi connectivity index (χ3n) is 5.78. The Balaban J connectivity index is 1.27. The average Bonchev–Trinajstić information content (AvgIpc) is 3.53. The lowest BCUT2D eigenvalue weighted by atomic mass is 10.0. The van der Waals surface area contributed by atoms with Crippen LogP contribution < -0.4 is 5.32 Å². The van der Waals surface area contributed by atoms with Crippen LogP contribution in [0, 0.1) is 0 Å². The molecule has 0 aliphatic carbocycles. The first-order valence-electron chi connectivity index (χ1n) is 10.9. The second-order valence-electron chi connectivity index (χ2n) is 8.09. The Labute approximate surface area is 220 Å². The highest BCUT2D eigenvalue weighted by atomic mass is 35.5. The number of rotatable bonds is 4. The monoisotopic (exact) mass is 532 g/mol. The fourth-order valence-corrected chi connectivity index (χ4v) is 4.57. The highest BCUT2D eigenvalue weighted by molar-refractivity contribution is 6.42. The first kappa shape index (κ1) is 22.7. The molecule has 0 bridgehead atoms. The van der Waals surface area contributed by atoms with Crippen LogP contribution in [0.3, 0.4) is 0 Å². The number of nitrogens with zero attached hydrogens (tertiary/aromatic N) is 1. The first-order chi connectivity index (χ1) is 17.5. The van der Waals surface area contributed by atoms with E-state index in [1.807, 2.05) is 36.4 Å². The van der Waals surface area contributed by atoms with Gasteiger partial charge in [-0.3, -0.25) is 4.79 Å². The van der Waals surface area contributed by atoms with Gasteiger partial charge >= 0.3 is 0 Å². The zero-order chi connectivity index (χ0) is 24.8. The van der Waals surface area contributed by atoms with E-state index in [-0.39, 0.29) is 5.76 Å². The van der Waals surface area contributed by atoms with Crippen LogP contribution in [0.1, 0.15) is 10.6 Å². The number of halogens is 3. The highest BCUT2D eigenvalue weighted by Crippen LogP contribution is 2.34. The predicted molar refractivity (Wildman–Crippen MR) is 144 cm³/mol. The maximum absolute atomic E-state index is 12.8. The van der Waals surface area contributed by atoms with E-state index in [4.69, 9.17) is 43.6 Å². The van der Waals surface area contributed by atoms with Crippen LogP contribution in [-0.2, 0) is 0 Å². The number of benzene rings is 4. The second kappa shape index (κ2) is 9.03. The van der Waals surface area contributed by atoms with E-state index >= 15 is 0 Å². The topological polar surface area (TPSA) is 68.3 Å². The molecule has 0 atom stereocenters. The van der Waals surface area contributed by atoms with Gasteiger partial charge in [0.05, 0.1) is 10.0 Å². The Kier molecular flexibility index (Phi) is 5.69. The number of fused-ring (bicyclic) bond motifs is 2. The summed E-state index contributed by atoms with van der Waals surface area (Å²) in [6, 6.07) is 25.2. The third-order valence-corrected chi connectivity index (χ3v) is 6.85. The summed E-state index contributed by atoms with van der Waals surface area (Å²) in [6.07, 6.45) is 0. The molecule has 0 saturated carbocycles. The Morgan fingerprint density at radius 2 is 1.58 bits per heavy atom. The molecule has 6 rings (SSSR count). The number of hydrogen-bond donors (Lipinski definition) is 1. The molecule has 0 radical (unpaired) electrons. The molecule has 0 spiro atoms. The summed E-state index contributed by atoms with van der Waals surface area (Å²) < 4.78 is 11.8. The lowest BCUT2D eigenvalue weighted by Gasteiger charge is -2.04. The standard InChI is InChI=1S/C28H15Cl3N2O3/c29-20-6-2-3-17-18(20)4-1-5-19(17)28-33-23-14-16(8-10-25(23)36-28)32-27(34)26-12-11-24(35-26)15-7-9-21(30)22(31)13-15/h1-14H,(H,32,34). The van der Waals surface area contributed by atoms with Gasteiger partial charge in [-0.05, 0) is 66.0 Å². The van der Waals surface area contributed by atoms with Crippen molar-refractivity contribution in [1.82, 2.24) is 4.98 Å². The number of anilines is 1. The minimum Gasteiger partial charge on any atom is -0.451 e. The van der Waals surface area contributed by atoms with E-state index in [1.165, 1.54) is 0 Å². The molecule has 0 aliphatic rings. The largest absolute Gasteiger partial charge is 0.451 e. The number of furan rings is 1. The highest BCUT2D eigenvalue weighted by Gasteiger charge is 2.16. The van der Waals surface area contributed by atoms with E-state index in [2.05, 4.69) is 10.3 Å². The fraction of sp³-hybridized carbons (Fsp3) is 0. The molecule has 0 unspecified atom stereocenters. The molecule has 2 heterocycles. The van der Waals surface area contributed by atoms with Crippen LogP contribution in [0.15, 0.2) is 93.8 Å². The predicted octanol–water partition coefficient (Wildman–Crippen LogP) is 9.12. The Bertz CT molecular complexity index is 1790. The zero-order valence-electron chi connectivity index (χ0n) is 18.4. The van der Waals surface area contributed by atoms with E-state index in [0.29, 0.717) is 43.5 Å². The lowest BCUT2D eigenvalue weighted by molar-refractivity contribution is 0.0997. The minimum absolute atomic E-state index is 0.157. The van der Waals surface area contributed by atoms with Crippen molar-refractivity contribution in [2.24, 2.45) is 0 Å². The average molecular weight is 534 g/mol. The van der Waals surface area contributed by atoms with Crippen molar-refractivity contribution in [3.8, 4) is 22.8 Å². The molecule has 0 aliphatic heterocycles. The Morgan fingerprint density at radius 3 is 2.44 bits per heavy atom. The minimum atomic E-state index is -0.395. The molecule has 0 saturated heterocycles. The van der Waals surface area contributed by atoms with Crippen LogP contribution in [0.2, 0.25) is 15.1 Å². The Hall–Kier alpha value is -3.77. The SMILES string of the molecule is O=C(Nc1ccc2oc(-c3cccc4c(Cl)cccc34)nc2c1)c1ccc(-c2ccc(Cl)c(Cl)c2)o1. The van der Waals surface area contributed by atoms with E-state index in [1.54, 1.807) is 48.5 Å². The lowest BCUT2D eigenvalue weighted by Crippen LogP contribution is -2.10. The molecule has 36 heavy (non-hydrogen) atoms. The van der Waals surface area contributed by atoms with Crippen molar-refractivity contribution in [2.75, 3.05) is 5.32 Å². The van der Waals surface area contributed by atoms with Gasteiger partial charge in [-0.1, -0.05) is 59.1 Å². The molecular formula is C28H15Cl3N2O3. The van der Waals surface area contributed by atoms with E-state index < -0.39 is 5.91 Å². The fourth-order valence-electron chi connectivity index (χ4n) is 4.04. The number of amides is 1. The molecule has 8 heteroatoms. The molecule has 2 aromatic heterocycles. The number of aromatic nitrogens is 1. The van der Waals surface area contributed by atoms with Crippen LogP contribution in [0.5, 0.6) is 0 Å². The molecule has 5 nitrogen and oxygen atoms in total. The summed E-state index contributed by atoms with van der Waals surface area (Å²) in [7, 11) is 0. The molecular weight excluding hydrogens is 519 g/mol. The van der Waals surface area contributed by atoms with Crippen molar-refractivity contribution in [1.29, 1.82) is 0 Å². The normalized spacial score (nSPS) is 11.3. The van der Waals surface area contributed by atoms with Gasteiger partial charge in [-0.25, -0.2) is 4.98 Å². The second-order valence-corrected chi connectivity index (χ2v) is 9.31. The summed E-state index contributed by atoms with van der Waals surface area (Å²) in [5.41, 5.74) is 3.32. The van der Waals surface area contributed by atoms with Crippen molar-refractivity contribution in [3.05, 3.63) is 106 Å². The van der Waals surface area contributed by atoms with Gasteiger partial charge in [-0.2, -0.15) is 0 Å². The summed E-state index contributed by atoms with van der Waals surface area (Å²) in [5.74, 6) is 0.738. The number of oxazole rings is 1. The molecule has 6 aromatic rings. The van der Waals surface area contributed by atoms with Crippen molar-refractivity contribution < 1.29 is 13.6 Å². The first-order valence-corrected chi connectivity index (χ1v) is 12.0. The molecule has 0 fully saturated rings. The van der Waals surface area contributed by atoms with E-state index in [0.717, 1.165) is 21.9 Å². The van der Waals surface area contributed by atoms with E-state index in [9.17, 15) is 4.79 Å². The molecule has 176 valence electrons. The Morgan fingerprint density at radius 1 is 0.750 bits per heavy atom. The van der Waals surface area contributed by atoms with Gasteiger partial charge in [0.2, 0.25) is 5.89 Å². The van der Waals surface area contributed by atoms with Gasteiger partial charge in [0, 0.05) is 27.2 Å². The third kappa shape index (κ3) is 4.11. The van der Waals surface area contributed by atoms with Crippen LogP contribution in [0.4, 0.5) is 5.69 Å². The molecule has 4 aromatic carbocycles. The van der Waals surface area contributed by atoms with Gasteiger partial charge in [-0.15, -0.1) is 0 Å². The smallest absolute Gasteiger partial charge is 0.291 e. The van der Waals surface area contributed by atoms with Gasteiger partial charge < -0.3 is 14.2 Å². The van der Waals surface area contributed by atoms with Gasteiger partial charge in [0.1, 0.15) is 11.3 Å². The zero-order valence-corrected chi connectivity index (χ0v) is 20.7. The van der Waals surface area contributed by atoms with Crippen molar-refractivity contribution in [3.63, 3.8) is 0 Å². The summed E-state index contributed by atoms with van der Waals surface area (Å²) >= 11 is 18.4. The maximum atomic E-state index is 12.8. The number of carbonyl (C=O) groups is 1. The molecule has 1 amide bonds. The van der Waals surface area contributed by atoms with Gasteiger partial charge in [0.25, 0.3) is 5.91 Å². The summed E-state index contributed by atoms with van der Waals surface area (Å²) in [4.78, 5) is 17.5. The van der Waals surface area contributed by atoms with Crippen LogP contribution in [-0.4, -0.2) is 10.9 Å². The summed E-state index contributed by atoms with van der Waals surface area (Å²) in [6.45, 7) is 0. The van der Waals surface area contributed by atoms with Gasteiger partial charge in [0.15, 0.2) is 11.3 Å². The van der Waals surface area contributed by atoms with Crippen molar-refractivity contribution >= 4 is 68.3 Å². The molecule has 1 N–H and O–H groups in total. The number of nitrogens with one attached hydrogen (secondary N) is 1. The number of hydrogen-bond acceptors (Lipinski definition) is 4. The van der Waals surface area contributed by atoms with Crippen LogP contribution >= 0.6 is 34.8 Å². The quantitative estimate of drug-likeness (QED) is 0.245. The number of carbonyl (C=O) groups excluding carboxylic acids is 1. The van der Waals surface area contributed by atoms with Crippen LogP contribution in [0.25, 0.3) is 44.7 Å².